The maximum absolute atomic E-state index is 13.3. The van der Waals surface area contributed by atoms with Gasteiger partial charge in [-0.05, 0) is 44.1 Å². The summed E-state index contributed by atoms with van der Waals surface area (Å²) >= 11 is 0. The maximum atomic E-state index is 13.3. The highest BCUT2D eigenvalue weighted by Crippen LogP contribution is 2.23. The van der Waals surface area contributed by atoms with E-state index in [2.05, 4.69) is 10.1 Å². The van der Waals surface area contributed by atoms with Crippen LogP contribution in [0.25, 0.3) is 11.0 Å². The molecule has 1 saturated heterocycles. The smallest absolute Gasteiger partial charge is 0.220 e. The average molecular weight is 277 g/mol. The fourth-order valence-corrected chi connectivity index (χ4v) is 2.66. The Morgan fingerprint density at radius 2 is 2.20 bits per heavy atom. The number of nitrogens with zero attached hydrogens (tertiary/aromatic N) is 2. The Morgan fingerprint density at radius 3 is 2.90 bits per heavy atom. The molecular formula is C14H16FN3O2. The minimum Gasteiger partial charge on any atom is -0.369 e. The van der Waals surface area contributed by atoms with Crippen molar-refractivity contribution in [1.82, 2.24) is 10.1 Å². The first-order valence-corrected chi connectivity index (χ1v) is 6.69. The number of fused-ring (bicyclic) bond motifs is 1. The van der Waals surface area contributed by atoms with E-state index >= 15 is 0 Å². The number of piperidine rings is 1. The second-order valence-electron chi connectivity index (χ2n) is 5.22. The molecule has 2 heterocycles. The highest BCUT2D eigenvalue weighted by molar-refractivity contribution is 5.79. The number of benzene rings is 1. The van der Waals surface area contributed by atoms with Gasteiger partial charge in [0.2, 0.25) is 5.91 Å². The van der Waals surface area contributed by atoms with E-state index in [1.807, 2.05) is 0 Å². The van der Waals surface area contributed by atoms with Crippen molar-refractivity contribution in [3.63, 3.8) is 0 Å². The van der Waals surface area contributed by atoms with E-state index in [9.17, 15) is 9.18 Å². The lowest BCUT2D eigenvalue weighted by molar-refractivity contribution is -0.123. The molecule has 1 aromatic heterocycles. The summed E-state index contributed by atoms with van der Waals surface area (Å²) in [5.74, 6) is -0.550. The van der Waals surface area contributed by atoms with Crippen molar-refractivity contribution in [3.8, 4) is 0 Å². The van der Waals surface area contributed by atoms with Crippen molar-refractivity contribution in [2.75, 3.05) is 13.1 Å². The van der Waals surface area contributed by atoms with Gasteiger partial charge in [-0.15, -0.1) is 0 Å². The van der Waals surface area contributed by atoms with Gasteiger partial charge in [-0.1, -0.05) is 5.16 Å². The molecule has 3 rings (SSSR count). The molecular weight excluding hydrogens is 261 g/mol. The molecule has 2 N–H and O–H groups in total. The standard InChI is InChI=1S/C14H16FN3O2/c15-10-1-2-13-11(7-10)12(17-20-13)8-18-5-3-9(4-6-18)14(16)19/h1-2,7,9H,3-6,8H2,(H2,16,19). The van der Waals surface area contributed by atoms with Gasteiger partial charge in [0, 0.05) is 17.8 Å². The molecule has 0 radical (unpaired) electrons. The Labute approximate surface area is 115 Å². The van der Waals surface area contributed by atoms with Crippen molar-refractivity contribution in [2.45, 2.75) is 19.4 Å². The second kappa shape index (κ2) is 5.20. The monoisotopic (exact) mass is 277 g/mol. The predicted octanol–water partition coefficient (Wildman–Crippen LogP) is 1.66. The van der Waals surface area contributed by atoms with Crippen LogP contribution in [0.5, 0.6) is 0 Å². The van der Waals surface area contributed by atoms with Gasteiger partial charge < -0.3 is 10.3 Å². The van der Waals surface area contributed by atoms with E-state index in [0.717, 1.165) is 31.6 Å². The van der Waals surface area contributed by atoms with Gasteiger partial charge in [-0.2, -0.15) is 0 Å². The van der Waals surface area contributed by atoms with E-state index in [0.29, 0.717) is 17.5 Å². The largest absolute Gasteiger partial charge is 0.369 e. The zero-order chi connectivity index (χ0) is 14.1. The summed E-state index contributed by atoms with van der Waals surface area (Å²) in [6.07, 6.45) is 1.53. The molecule has 1 fully saturated rings. The number of carbonyl (C=O) groups excluding carboxylic acids is 1. The van der Waals surface area contributed by atoms with Crippen molar-refractivity contribution in [3.05, 3.63) is 29.7 Å². The summed E-state index contributed by atoms with van der Waals surface area (Å²) < 4.78 is 18.5. The Balaban J connectivity index is 1.71. The molecule has 6 heteroatoms. The number of primary amides is 1. The number of hydrogen-bond acceptors (Lipinski definition) is 4. The summed E-state index contributed by atoms with van der Waals surface area (Å²) in [5.41, 5.74) is 6.64. The zero-order valence-corrected chi connectivity index (χ0v) is 11.0. The van der Waals surface area contributed by atoms with Crippen molar-refractivity contribution in [2.24, 2.45) is 11.7 Å². The van der Waals surface area contributed by atoms with E-state index in [-0.39, 0.29) is 17.6 Å². The molecule has 0 bridgehead atoms. The molecule has 0 unspecified atom stereocenters. The van der Waals surface area contributed by atoms with E-state index in [4.69, 9.17) is 10.3 Å². The minimum absolute atomic E-state index is 0.0299. The lowest BCUT2D eigenvalue weighted by atomic mass is 9.96. The molecule has 5 nitrogen and oxygen atoms in total. The van der Waals surface area contributed by atoms with Gasteiger partial charge in [-0.3, -0.25) is 9.69 Å². The van der Waals surface area contributed by atoms with Crippen molar-refractivity contribution in [1.29, 1.82) is 0 Å². The maximum Gasteiger partial charge on any atom is 0.220 e. The minimum atomic E-state index is -0.297. The van der Waals surface area contributed by atoms with E-state index < -0.39 is 0 Å². The normalized spacial score (nSPS) is 17.6. The molecule has 0 atom stereocenters. The van der Waals surface area contributed by atoms with Crippen LogP contribution in [0.15, 0.2) is 22.7 Å². The highest BCUT2D eigenvalue weighted by atomic mass is 19.1. The molecule has 0 aliphatic carbocycles. The van der Waals surface area contributed by atoms with Crippen LogP contribution >= 0.6 is 0 Å². The third-order valence-corrected chi connectivity index (χ3v) is 3.87. The van der Waals surface area contributed by atoms with Crippen molar-refractivity contribution < 1.29 is 13.7 Å². The lowest BCUT2D eigenvalue weighted by Gasteiger charge is -2.29. The summed E-state index contributed by atoms with van der Waals surface area (Å²) in [6, 6.07) is 4.38. The first-order valence-electron chi connectivity index (χ1n) is 6.69. The molecule has 20 heavy (non-hydrogen) atoms. The van der Waals surface area contributed by atoms with Crippen LogP contribution in [0.4, 0.5) is 4.39 Å². The van der Waals surface area contributed by atoms with Crippen LogP contribution in [-0.4, -0.2) is 29.1 Å². The number of hydrogen-bond donors (Lipinski definition) is 1. The first-order chi connectivity index (χ1) is 9.63. The fraction of sp³-hybridized carbons (Fsp3) is 0.429. The van der Waals surface area contributed by atoms with Crippen LogP contribution in [0.2, 0.25) is 0 Å². The van der Waals surface area contributed by atoms with Gasteiger partial charge in [-0.25, -0.2) is 4.39 Å². The molecule has 1 aromatic carbocycles. The number of carbonyl (C=O) groups is 1. The molecule has 106 valence electrons. The van der Waals surface area contributed by atoms with Gasteiger partial charge in [0.25, 0.3) is 0 Å². The quantitative estimate of drug-likeness (QED) is 0.926. The Bertz CT molecular complexity index is 632. The summed E-state index contributed by atoms with van der Waals surface area (Å²) in [5, 5.41) is 4.72. The SMILES string of the molecule is NC(=O)C1CCN(Cc2noc3ccc(F)cc23)CC1. The molecule has 1 aliphatic heterocycles. The van der Waals surface area contributed by atoms with Gasteiger partial charge >= 0.3 is 0 Å². The number of halogens is 1. The molecule has 2 aromatic rings. The molecule has 0 saturated carbocycles. The van der Waals surface area contributed by atoms with Crippen LogP contribution in [-0.2, 0) is 11.3 Å². The van der Waals surface area contributed by atoms with Crippen LogP contribution in [0, 0.1) is 11.7 Å². The third-order valence-electron chi connectivity index (χ3n) is 3.87. The fourth-order valence-electron chi connectivity index (χ4n) is 2.66. The summed E-state index contributed by atoms with van der Waals surface area (Å²) in [6.45, 7) is 2.18. The average Bonchev–Trinajstić information content (AvgIpc) is 2.82. The number of rotatable bonds is 3. The third kappa shape index (κ3) is 2.51. The topological polar surface area (TPSA) is 72.4 Å². The van der Waals surface area contributed by atoms with Crippen molar-refractivity contribution >= 4 is 16.9 Å². The Hall–Kier alpha value is -1.95. The number of nitrogens with two attached hydrogens (primary N) is 1. The van der Waals surface area contributed by atoms with Crippen LogP contribution in [0.3, 0.4) is 0 Å². The van der Waals surface area contributed by atoms with Crippen LogP contribution < -0.4 is 5.73 Å². The highest BCUT2D eigenvalue weighted by Gasteiger charge is 2.24. The predicted molar refractivity (Wildman–Crippen MR) is 71.2 cm³/mol. The number of amides is 1. The Kier molecular flexibility index (Phi) is 3.40. The number of aromatic nitrogens is 1. The zero-order valence-electron chi connectivity index (χ0n) is 11.0. The summed E-state index contributed by atoms with van der Waals surface area (Å²) in [7, 11) is 0. The van der Waals surface area contributed by atoms with Gasteiger partial charge in [0.05, 0.1) is 0 Å². The molecule has 0 spiro atoms. The second-order valence-corrected chi connectivity index (χ2v) is 5.22. The van der Waals surface area contributed by atoms with E-state index in [1.165, 1.54) is 12.1 Å². The Morgan fingerprint density at radius 1 is 1.45 bits per heavy atom. The first kappa shape index (κ1) is 13.1. The van der Waals surface area contributed by atoms with Crippen LogP contribution in [0.1, 0.15) is 18.5 Å². The van der Waals surface area contributed by atoms with E-state index in [1.54, 1.807) is 6.07 Å². The molecule has 1 aliphatic rings. The van der Waals surface area contributed by atoms with Gasteiger partial charge in [0.1, 0.15) is 11.5 Å². The number of likely N-dealkylation sites (tertiary alicyclic amines) is 1. The molecule has 1 amide bonds. The lowest BCUT2D eigenvalue weighted by Crippen LogP contribution is -2.38. The summed E-state index contributed by atoms with van der Waals surface area (Å²) in [4.78, 5) is 13.3. The van der Waals surface area contributed by atoms with Gasteiger partial charge in [0.15, 0.2) is 5.58 Å².